The lowest BCUT2D eigenvalue weighted by Gasteiger charge is -2.36. The molecule has 4 atom stereocenters. The fraction of sp³-hybridized carbons (Fsp3) is 0.364. The van der Waals surface area contributed by atoms with Gasteiger partial charge < -0.3 is 29.5 Å². The van der Waals surface area contributed by atoms with E-state index in [-0.39, 0.29) is 6.61 Å². The highest BCUT2D eigenvalue weighted by Gasteiger charge is 2.39. The Labute approximate surface area is 174 Å². The van der Waals surface area contributed by atoms with Gasteiger partial charge in [0.05, 0.1) is 17.1 Å². The van der Waals surface area contributed by atoms with Crippen LogP contribution in [0, 0.1) is 0 Å². The molecule has 6 nitrogen and oxygen atoms in total. The van der Waals surface area contributed by atoms with E-state index in [0.29, 0.717) is 11.4 Å². The first-order chi connectivity index (χ1) is 13.9. The van der Waals surface area contributed by atoms with Gasteiger partial charge in [-0.05, 0) is 41.8 Å². The standard InChI is InChI=1S/C22H25ClN2O4/c1-24(2)15-8-6-13(7-9-15)10-14-11-25(17-5-3-4-16(23)19(14)17)22-21(28)20(27)18(26)12-29-22/h3-9,11,18,20-22,26-28H,10,12H2,1-2H3/t18-,20+,21-,22-/m1/s1. The quantitative estimate of drug-likeness (QED) is 0.609. The summed E-state index contributed by atoms with van der Waals surface area (Å²) < 4.78 is 7.46. The van der Waals surface area contributed by atoms with Crippen LogP contribution in [0.2, 0.25) is 5.02 Å². The van der Waals surface area contributed by atoms with E-state index in [1.54, 1.807) is 4.57 Å². The molecule has 0 unspecified atom stereocenters. The van der Waals surface area contributed by atoms with Gasteiger partial charge >= 0.3 is 0 Å². The Kier molecular flexibility index (Phi) is 5.55. The first-order valence-corrected chi connectivity index (χ1v) is 9.94. The number of aliphatic hydroxyl groups is 3. The molecule has 0 saturated carbocycles. The number of rotatable bonds is 4. The molecule has 3 aromatic rings. The molecule has 1 aromatic heterocycles. The van der Waals surface area contributed by atoms with E-state index in [4.69, 9.17) is 16.3 Å². The molecule has 7 heteroatoms. The van der Waals surface area contributed by atoms with E-state index >= 15 is 0 Å². The Morgan fingerprint density at radius 2 is 1.79 bits per heavy atom. The lowest BCUT2D eigenvalue weighted by Crippen LogP contribution is -2.50. The number of hydrogen-bond acceptors (Lipinski definition) is 5. The molecule has 1 saturated heterocycles. The van der Waals surface area contributed by atoms with Crippen LogP contribution in [0.25, 0.3) is 10.9 Å². The second-order valence-corrected chi connectivity index (χ2v) is 8.11. The Bertz CT molecular complexity index is 1000. The number of aliphatic hydroxyl groups excluding tert-OH is 3. The zero-order valence-electron chi connectivity index (χ0n) is 16.4. The van der Waals surface area contributed by atoms with Gasteiger partial charge in [0.15, 0.2) is 6.23 Å². The zero-order valence-corrected chi connectivity index (χ0v) is 17.1. The number of hydrogen-bond donors (Lipinski definition) is 3. The third-order valence-corrected chi connectivity index (χ3v) is 5.80. The predicted octanol–water partition coefficient (Wildman–Crippen LogP) is 2.56. The third kappa shape index (κ3) is 3.74. The summed E-state index contributed by atoms with van der Waals surface area (Å²) in [4.78, 5) is 2.05. The van der Waals surface area contributed by atoms with Gasteiger partial charge in [0.25, 0.3) is 0 Å². The van der Waals surface area contributed by atoms with E-state index in [9.17, 15) is 15.3 Å². The number of aromatic nitrogens is 1. The van der Waals surface area contributed by atoms with Crippen LogP contribution in [0.5, 0.6) is 0 Å². The van der Waals surface area contributed by atoms with Crippen LogP contribution in [0.15, 0.2) is 48.7 Å². The molecule has 1 fully saturated rings. The van der Waals surface area contributed by atoms with Crippen molar-refractivity contribution in [2.45, 2.75) is 31.0 Å². The van der Waals surface area contributed by atoms with E-state index < -0.39 is 24.5 Å². The average molecular weight is 417 g/mol. The molecule has 3 N–H and O–H groups in total. The summed E-state index contributed by atoms with van der Waals surface area (Å²) in [6.45, 7) is -0.0511. The van der Waals surface area contributed by atoms with Gasteiger partial charge in [-0.3, -0.25) is 0 Å². The van der Waals surface area contributed by atoms with Crippen LogP contribution in [0.3, 0.4) is 0 Å². The second kappa shape index (κ2) is 7.97. The molecule has 154 valence electrons. The van der Waals surface area contributed by atoms with Crippen molar-refractivity contribution in [2.24, 2.45) is 0 Å². The Morgan fingerprint density at radius 1 is 1.07 bits per heavy atom. The number of nitrogens with zero attached hydrogens (tertiary/aromatic N) is 2. The van der Waals surface area contributed by atoms with Crippen molar-refractivity contribution in [3.05, 3.63) is 64.8 Å². The van der Waals surface area contributed by atoms with Crippen molar-refractivity contribution in [3.8, 4) is 0 Å². The maximum Gasteiger partial charge on any atom is 0.162 e. The molecule has 1 aliphatic rings. The average Bonchev–Trinajstić information content (AvgIpc) is 3.06. The molecule has 29 heavy (non-hydrogen) atoms. The topological polar surface area (TPSA) is 78.1 Å². The normalized spacial score (nSPS) is 24.8. The Balaban J connectivity index is 1.73. The third-order valence-electron chi connectivity index (χ3n) is 5.48. The summed E-state index contributed by atoms with van der Waals surface area (Å²) in [5.41, 5.74) is 4.07. The van der Waals surface area contributed by atoms with Crippen LogP contribution in [0.4, 0.5) is 5.69 Å². The van der Waals surface area contributed by atoms with E-state index in [1.165, 1.54) is 0 Å². The van der Waals surface area contributed by atoms with E-state index in [1.807, 2.05) is 43.4 Å². The first kappa shape index (κ1) is 20.2. The summed E-state index contributed by atoms with van der Waals surface area (Å²) in [6, 6.07) is 13.9. The highest BCUT2D eigenvalue weighted by Crippen LogP contribution is 2.35. The number of halogens is 1. The molecular formula is C22H25ClN2O4. The summed E-state index contributed by atoms with van der Waals surface area (Å²) in [7, 11) is 4.01. The lowest BCUT2D eigenvalue weighted by atomic mass is 10.0. The Morgan fingerprint density at radius 3 is 2.48 bits per heavy atom. The number of fused-ring (bicyclic) bond motifs is 1. The summed E-state index contributed by atoms with van der Waals surface area (Å²) in [5, 5.41) is 31.8. The minimum absolute atomic E-state index is 0.0511. The van der Waals surface area contributed by atoms with Gasteiger partial charge in [-0.15, -0.1) is 0 Å². The van der Waals surface area contributed by atoms with E-state index in [0.717, 1.165) is 27.7 Å². The Hall–Kier alpha value is -2.09. The molecule has 0 bridgehead atoms. The summed E-state index contributed by atoms with van der Waals surface area (Å²) in [5.74, 6) is 0. The fourth-order valence-corrected chi connectivity index (χ4v) is 4.15. The van der Waals surface area contributed by atoms with Gasteiger partial charge in [0, 0.05) is 31.4 Å². The zero-order chi connectivity index (χ0) is 20.7. The molecule has 4 rings (SSSR count). The van der Waals surface area contributed by atoms with Crippen molar-refractivity contribution in [2.75, 3.05) is 25.6 Å². The van der Waals surface area contributed by atoms with Crippen molar-refractivity contribution < 1.29 is 20.1 Å². The summed E-state index contributed by atoms with van der Waals surface area (Å²) in [6.07, 6.45) is -1.86. The van der Waals surface area contributed by atoms with Crippen LogP contribution in [0.1, 0.15) is 17.4 Å². The lowest BCUT2D eigenvalue weighted by molar-refractivity contribution is -0.209. The molecule has 0 amide bonds. The first-order valence-electron chi connectivity index (χ1n) is 9.57. The van der Waals surface area contributed by atoms with Crippen LogP contribution >= 0.6 is 11.6 Å². The molecule has 1 aliphatic heterocycles. The van der Waals surface area contributed by atoms with Crippen molar-refractivity contribution in [3.63, 3.8) is 0 Å². The minimum atomic E-state index is -1.27. The van der Waals surface area contributed by atoms with Crippen molar-refractivity contribution in [1.82, 2.24) is 4.57 Å². The minimum Gasteiger partial charge on any atom is -0.388 e. The van der Waals surface area contributed by atoms with Crippen molar-refractivity contribution in [1.29, 1.82) is 0 Å². The van der Waals surface area contributed by atoms with Crippen LogP contribution in [-0.2, 0) is 11.2 Å². The molecule has 0 radical (unpaired) electrons. The summed E-state index contributed by atoms with van der Waals surface area (Å²) >= 11 is 6.52. The van der Waals surface area contributed by atoms with E-state index in [2.05, 4.69) is 24.3 Å². The molecule has 0 aliphatic carbocycles. The number of benzene rings is 2. The van der Waals surface area contributed by atoms with Crippen LogP contribution in [-0.4, -0.2) is 58.9 Å². The maximum atomic E-state index is 10.5. The molecular weight excluding hydrogens is 392 g/mol. The molecule has 0 spiro atoms. The van der Waals surface area contributed by atoms with Gasteiger partial charge in [-0.2, -0.15) is 0 Å². The van der Waals surface area contributed by atoms with Gasteiger partial charge in [0.1, 0.15) is 18.3 Å². The van der Waals surface area contributed by atoms with Crippen LogP contribution < -0.4 is 4.90 Å². The second-order valence-electron chi connectivity index (χ2n) is 7.71. The largest absolute Gasteiger partial charge is 0.388 e. The number of anilines is 1. The highest BCUT2D eigenvalue weighted by atomic mass is 35.5. The van der Waals surface area contributed by atoms with Crippen molar-refractivity contribution >= 4 is 28.2 Å². The SMILES string of the molecule is CN(C)c1ccc(Cc2cn([C@@H]3OC[C@@H](O)[C@H](O)[C@H]3O)c3cccc(Cl)c23)cc1. The van der Waals surface area contributed by atoms with Gasteiger partial charge in [0.2, 0.25) is 0 Å². The highest BCUT2D eigenvalue weighted by molar-refractivity contribution is 6.35. The van der Waals surface area contributed by atoms with Gasteiger partial charge in [-0.1, -0.05) is 29.8 Å². The predicted molar refractivity (Wildman–Crippen MR) is 114 cm³/mol. The monoisotopic (exact) mass is 416 g/mol. The fourth-order valence-electron chi connectivity index (χ4n) is 3.86. The maximum absolute atomic E-state index is 10.5. The smallest absolute Gasteiger partial charge is 0.162 e. The molecule has 2 heterocycles. The number of ether oxygens (including phenoxy) is 1. The molecule has 2 aromatic carbocycles. The van der Waals surface area contributed by atoms with Gasteiger partial charge in [-0.25, -0.2) is 0 Å².